The van der Waals surface area contributed by atoms with Crippen LogP contribution in [0.5, 0.6) is 0 Å². The van der Waals surface area contributed by atoms with Crippen LogP contribution in [0.15, 0.2) is 17.5 Å². The molecule has 1 rings (SSSR count). The Morgan fingerprint density at radius 1 is 1.24 bits per heavy atom. The van der Waals surface area contributed by atoms with Crippen LogP contribution < -0.4 is 0 Å². The van der Waals surface area contributed by atoms with Crippen LogP contribution in [0, 0.1) is 0 Å². The largest absolute Gasteiger partial charge is 0.343 e. The average molecular weight is 253 g/mol. The lowest BCUT2D eigenvalue weighted by molar-refractivity contribution is -0.130. The molecule has 4 heteroatoms. The molecular weight excluding hydrogens is 234 g/mol. The number of hydrogen-bond donors (Lipinski definition) is 0. The fourth-order valence-corrected chi connectivity index (χ4v) is 2.39. The van der Waals surface area contributed by atoms with Crippen molar-refractivity contribution in [3.05, 3.63) is 22.4 Å². The molecule has 0 saturated heterocycles. The van der Waals surface area contributed by atoms with E-state index in [0.717, 1.165) is 18.0 Å². The molecule has 94 valence electrons. The summed E-state index contributed by atoms with van der Waals surface area (Å²) >= 11 is 1.46. The van der Waals surface area contributed by atoms with Gasteiger partial charge in [0.2, 0.25) is 5.91 Å². The molecule has 1 aromatic heterocycles. The first-order chi connectivity index (χ1) is 8.19. The lowest BCUT2D eigenvalue weighted by Gasteiger charge is -2.18. The van der Waals surface area contributed by atoms with Gasteiger partial charge in [0.1, 0.15) is 0 Å². The first kappa shape index (κ1) is 13.9. The highest BCUT2D eigenvalue weighted by Gasteiger charge is 2.11. The first-order valence-electron chi connectivity index (χ1n) is 6.03. The van der Waals surface area contributed by atoms with E-state index < -0.39 is 0 Å². The van der Waals surface area contributed by atoms with Crippen LogP contribution >= 0.6 is 11.3 Å². The van der Waals surface area contributed by atoms with Crippen molar-refractivity contribution in [2.45, 2.75) is 33.1 Å². The van der Waals surface area contributed by atoms with Gasteiger partial charge in [0.15, 0.2) is 5.78 Å². The van der Waals surface area contributed by atoms with Gasteiger partial charge < -0.3 is 4.90 Å². The van der Waals surface area contributed by atoms with Crippen molar-refractivity contribution < 1.29 is 9.59 Å². The van der Waals surface area contributed by atoms with Gasteiger partial charge in [-0.1, -0.05) is 6.07 Å². The lowest BCUT2D eigenvalue weighted by atomic mass is 10.1. The highest BCUT2D eigenvalue weighted by molar-refractivity contribution is 7.12. The minimum Gasteiger partial charge on any atom is -0.343 e. The molecule has 0 radical (unpaired) electrons. The first-order valence-corrected chi connectivity index (χ1v) is 6.91. The van der Waals surface area contributed by atoms with E-state index in [1.54, 1.807) is 4.90 Å². The Morgan fingerprint density at radius 3 is 2.47 bits per heavy atom. The Balaban J connectivity index is 2.28. The Kier molecular flexibility index (Phi) is 5.91. The van der Waals surface area contributed by atoms with E-state index >= 15 is 0 Å². The zero-order chi connectivity index (χ0) is 12.7. The second-order valence-corrected chi connectivity index (χ2v) is 4.77. The number of carbonyl (C=O) groups is 2. The Labute approximate surface area is 106 Å². The van der Waals surface area contributed by atoms with E-state index in [1.165, 1.54) is 11.3 Å². The van der Waals surface area contributed by atoms with Crippen molar-refractivity contribution in [1.82, 2.24) is 4.90 Å². The van der Waals surface area contributed by atoms with Gasteiger partial charge >= 0.3 is 0 Å². The van der Waals surface area contributed by atoms with E-state index in [2.05, 4.69) is 0 Å². The molecule has 0 spiro atoms. The van der Waals surface area contributed by atoms with Crippen LogP contribution in [0.25, 0.3) is 0 Å². The smallest absolute Gasteiger partial charge is 0.222 e. The normalized spacial score (nSPS) is 10.2. The zero-order valence-electron chi connectivity index (χ0n) is 10.4. The van der Waals surface area contributed by atoms with Crippen LogP contribution in [0.2, 0.25) is 0 Å². The van der Waals surface area contributed by atoms with E-state index in [4.69, 9.17) is 0 Å². The van der Waals surface area contributed by atoms with E-state index in [9.17, 15) is 9.59 Å². The van der Waals surface area contributed by atoms with E-state index in [-0.39, 0.29) is 11.7 Å². The number of Topliss-reactive ketones (excluding diaryl/α,β-unsaturated/α-hetero) is 1. The monoisotopic (exact) mass is 253 g/mol. The predicted octanol–water partition coefficient (Wildman–Crippen LogP) is 2.97. The minimum absolute atomic E-state index is 0.146. The quantitative estimate of drug-likeness (QED) is 0.701. The molecule has 0 aliphatic carbocycles. The van der Waals surface area contributed by atoms with Gasteiger partial charge in [0, 0.05) is 25.9 Å². The fourth-order valence-electron chi connectivity index (χ4n) is 1.70. The SMILES string of the molecule is CCN(CC)C(=O)CCCC(=O)c1cccs1. The van der Waals surface area contributed by atoms with Crippen LogP contribution in [0.3, 0.4) is 0 Å². The van der Waals surface area contributed by atoms with E-state index in [1.807, 2.05) is 31.4 Å². The summed E-state index contributed by atoms with van der Waals surface area (Å²) in [5.74, 6) is 0.293. The van der Waals surface area contributed by atoms with Gasteiger partial charge in [-0.05, 0) is 31.7 Å². The summed E-state index contributed by atoms with van der Waals surface area (Å²) in [6, 6.07) is 3.71. The molecule has 1 heterocycles. The number of carbonyl (C=O) groups excluding carboxylic acids is 2. The molecule has 0 bridgehead atoms. The molecule has 0 fully saturated rings. The maximum Gasteiger partial charge on any atom is 0.222 e. The van der Waals surface area contributed by atoms with Crippen molar-refractivity contribution >= 4 is 23.0 Å². The summed E-state index contributed by atoms with van der Waals surface area (Å²) in [7, 11) is 0. The van der Waals surface area contributed by atoms with Crippen molar-refractivity contribution in [1.29, 1.82) is 0 Å². The molecule has 0 aromatic carbocycles. The molecule has 17 heavy (non-hydrogen) atoms. The molecule has 1 aromatic rings. The summed E-state index contributed by atoms with van der Waals surface area (Å²) in [6.07, 6.45) is 1.58. The Hall–Kier alpha value is -1.16. The number of hydrogen-bond acceptors (Lipinski definition) is 3. The third kappa shape index (κ3) is 4.30. The average Bonchev–Trinajstić information content (AvgIpc) is 2.84. The standard InChI is InChI=1S/C13H19NO2S/c1-3-14(4-2)13(16)9-5-7-11(15)12-8-6-10-17-12/h6,8,10H,3-5,7,9H2,1-2H3. The highest BCUT2D eigenvalue weighted by Crippen LogP contribution is 2.13. The fraction of sp³-hybridized carbons (Fsp3) is 0.538. The van der Waals surface area contributed by atoms with Crippen LogP contribution in [-0.2, 0) is 4.79 Å². The van der Waals surface area contributed by atoms with Crippen LogP contribution in [-0.4, -0.2) is 29.7 Å². The molecule has 1 amide bonds. The number of thiophene rings is 1. The number of rotatable bonds is 7. The molecular formula is C13H19NO2S. The molecule has 0 aliphatic heterocycles. The van der Waals surface area contributed by atoms with Crippen LogP contribution in [0.4, 0.5) is 0 Å². The van der Waals surface area contributed by atoms with Crippen LogP contribution in [0.1, 0.15) is 42.8 Å². The summed E-state index contributed by atoms with van der Waals surface area (Å²) in [5, 5.41) is 1.90. The summed E-state index contributed by atoms with van der Waals surface area (Å²) in [5.41, 5.74) is 0. The Morgan fingerprint density at radius 2 is 1.94 bits per heavy atom. The molecule has 0 atom stereocenters. The molecule has 3 nitrogen and oxygen atoms in total. The molecule has 0 N–H and O–H groups in total. The molecule has 0 saturated carbocycles. The van der Waals surface area contributed by atoms with Gasteiger partial charge in [-0.25, -0.2) is 0 Å². The molecule has 0 aliphatic rings. The Bertz CT molecular complexity index is 356. The van der Waals surface area contributed by atoms with Gasteiger partial charge in [0.05, 0.1) is 4.88 Å². The second-order valence-electron chi connectivity index (χ2n) is 3.82. The van der Waals surface area contributed by atoms with E-state index in [0.29, 0.717) is 19.3 Å². The third-order valence-electron chi connectivity index (χ3n) is 2.71. The topological polar surface area (TPSA) is 37.4 Å². The summed E-state index contributed by atoms with van der Waals surface area (Å²) in [4.78, 5) is 26.0. The minimum atomic E-state index is 0.146. The highest BCUT2D eigenvalue weighted by atomic mass is 32.1. The molecule has 0 unspecified atom stereocenters. The van der Waals surface area contributed by atoms with Gasteiger partial charge in [-0.15, -0.1) is 11.3 Å². The predicted molar refractivity (Wildman–Crippen MR) is 70.4 cm³/mol. The zero-order valence-corrected chi connectivity index (χ0v) is 11.3. The third-order valence-corrected chi connectivity index (χ3v) is 3.62. The van der Waals surface area contributed by atoms with Crippen molar-refractivity contribution in [3.8, 4) is 0 Å². The number of ketones is 1. The second kappa shape index (κ2) is 7.22. The number of amides is 1. The maximum atomic E-state index is 11.7. The summed E-state index contributed by atoms with van der Waals surface area (Å²) < 4.78 is 0. The number of nitrogens with zero attached hydrogens (tertiary/aromatic N) is 1. The van der Waals surface area contributed by atoms with Gasteiger partial charge in [0.25, 0.3) is 0 Å². The maximum absolute atomic E-state index is 11.7. The van der Waals surface area contributed by atoms with Crippen molar-refractivity contribution in [2.75, 3.05) is 13.1 Å². The summed E-state index contributed by atoms with van der Waals surface area (Å²) in [6.45, 7) is 5.43. The van der Waals surface area contributed by atoms with Crippen molar-refractivity contribution in [2.24, 2.45) is 0 Å². The van der Waals surface area contributed by atoms with Gasteiger partial charge in [-0.2, -0.15) is 0 Å². The van der Waals surface area contributed by atoms with Crippen molar-refractivity contribution in [3.63, 3.8) is 0 Å². The lowest BCUT2D eigenvalue weighted by Crippen LogP contribution is -2.30. The van der Waals surface area contributed by atoms with Gasteiger partial charge in [-0.3, -0.25) is 9.59 Å².